The van der Waals surface area contributed by atoms with Crippen molar-refractivity contribution in [1.82, 2.24) is 0 Å². The predicted octanol–water partition coefficient (Wildman–Crippen LogP) is 1.12. The summed E-state index contributed by atoms with van der Waals surface area (Å²) >= 11 is 0. The second kappa shape index (κ2) is 12.8. The third-order valence-electron chi connectivity index (χ3n) is 0.620. The van der Waals surface area contributed by atoms with E-state index in [1.807, 2.05) is 0 Å². The average molecular weight is 190 g/mol. The van der Waals surface area contributed by atoms with E-state index in [1.54, 1.807) is 12.2 Å². The first-order chi connectivity index (χ1) is 5.68. The molecule has 0 atom stereocenters. The molecular weight excluding hydrogens is 176 g/mol. The van der Waals surface area contributed by atoms with E-state index in [1.165, 1.54) is 0 Å². The number of ether oxygens (including phenoxy) is 1. The van der Waals surface area contributed by atoms with Crippen LogP contribution in [0.2, 0.25) is 0 Å². The van der Waals surface area contributed by atoms with Crippen LogP contribution in [0, 0.1) is 0 Å². The van der Waals surface area contributed by atoms with Crippen molar-refractivity contribution in [3.05, 3.63) is 37.3 Å². The molecular formula is C8H14O3S. The number of rotatable bonds is 5. The summed E-state index contributed by atoms with van der Waals surface area (Å²) in [5.41, 5.74) is 0. The third kappa shape index (κ3) is 22.9. The fraction of sp³-hybridized carbons (Fsp3) is 0.250. The SMILES string of the molecule is C=CCOCC=C.C=C[SH](=O)=O. The highest BCUT2D eigenvalue weighted by Gasteiger charge is 1.70. The monoisotopic (exact) mass is 190 g/mol. The van der Waals surface area contributed by atoms with Crippen LogP contribution in [-0.2, 0) is 15.4 Å². The van der Waals surface area contributed by atoms with Gasteiger partial charge in [0.2, 0.25) is 0 Å². The van der Waals surface area contributed by atoms with Gasteiger partial charge in [0.1, 0.15) is 0 Å². The van der Waals surface area contributed by atoms with E-state index in [-0.39, 0.29) is 0 Å². The molecule has 4 heteroatoms. The average Bonchev–Trinajstić information content (AvgIpc) is 2.07. The van der Waals surface area contributed by atoms with Gasteiger partial charge in [0, 0.05) is 5.41 Å². The van der Waals surface area contributed by atoms with Crippen molar-refractivity contribution < 1.29 is 13.2 Å². The second-order valence-corrected chi connectivity index (χ2v) is 2.52. The first-order valence-corrected chi connectivity index (χ1v) is 4.49. The summed E-state index contributed by atoms with van der Waals surface area (Å²) in [7, 11) is -2.33. The van der Waals surface area contributed by atoms with Gasteiger partial charge >= 0.3 is 0 Å². The molecule has 0 saturated heterocycles. The zero-order chi connectivity index (χ0) is 9.82. The van der Waals surface area contributed by atoms with Crippen molar-refractivity contribution >= 4 is 10.7 Å². The first kappa shape index (κ1) is 13.7. The Morgan fingerprint density at radius 2 is 1.42 bits per heavy atom. The molecule has 0 aliphatic rings. The largest absolute Gasteiger partial charge is 0.373 e. The minimum absolute atomic E-state index is 0.617. The molecule has 0 aromatic carbocycles. The number of thiol groups is 1. The minimum Gasteiger partial charge on any atom is -0.373 e. The summed E-state index contributed by atoms with van der Waals surface area (Å²) in [5.74, 6) is 0. The van der Waals surface area contributed by atoms with Crippen LogP contribution in [0.5, 0.6) is 0 Å². The number of hydrogen-bond acceptors (Lipinski definition) is 3. The van der Waals surface area contributed by atoms with Crippen molar-refractivity contribution in [2.75, 3.05) is 13.2 Å². The summed E-state index contributed by atoms with van der Waals surface area (Å²) in [6, 6.07) is 0. The molecule has 0 radical (unpaired) electrons. The van der Waals surface area contributed by atoms with Crippen LogP contribution in [0.4, 0.5) is 0 Å². The molecule has 0 spiro atoms. The van der Waals surface area contributed by atoms with Crippen LogP contribution >= 0.6 is 0 Å². The fourth-order valence-corrected chi connectivity index (χ4v) is 0.235. The van der Waals surface area contributed by atoms with E-state index in [2.05, 4.69) is 19.7 Å². The van der Waals surface area contributed by atoms with Gasteiger partial charge in [0.25, 0.3) is 0 Å². The fourth-order valence-electron chi connectivity index (χ4n) is 0.235. The van der Waals surface area contributed by atoms with Crippen LogP contribution in [0.3, 0.4) is 0 Å². The summed E-state index contributed by atoms with van der Waals surface area (Å²) in [4.78, 5) is 0. The lowest BCUT2D eigenvalue weighted by Crippen LogP contribution is -1.87. The Hall–Kier alpha value is -0.870. The summed E-state index contributed by atoms with van der Waals surface area (Å²) in [6.45, 7) is 11.1. The molecule has 70 valence electrons. The Labute approximate surface area is 75.0 Å². The predicted molar refractivity (Wildman–Crippen MR) is 51.7 cm³/mol. The van der Waals surface area contributed by atoms with E-state index >= 15 is 0 Å². The molecule has 0 heterocycles. The lowest BCUT2D eigenvalue weighted by atomic mass is 10.6. The Morgan fingerprint density at radius 1 is 1.08 bits per heavy atom. The normalized spacial score (nSPS) is 8.08. The molecule has 12 heavy (non-hydrogen) atoms. The molecule has 0 amide bonds. The molecule has 0 N–H and O–H groups in total. The van der Waals surface area contributed by atoms with Crippen molar-refractivity contribution in [1.29, 1.82) is 0 Å². The van der Waals surface area contributed by atoms with Crippen molar-refractivity contribution in [2.24, 2.45) is 0 Å². The van der Waals surface area contributed by atoms with Gasteiger partial charge in [-0.2, -0.15) is 0 Å². The van der Waals surface area contributed by atoms with Gasteiger partial charge in [-0.05, 0) is 0 Å². The molecule has 0 aliphatic carbocycles. The Kier molecular flexibility index (Phi) is 14.6. The maximum Gasteiger partial charge on any atom is 0.160 e. The highest BCUT2D eigenvalue weighted by Crippen LogP contribution is 1.72. The first-order valence-electron chi connectivity index (χ1n) is 3.24. The van der Waals surface area contributed by atoms with Crippen molar-refractivity contribution in [2.45, 2.75) is 0 Å². The molecule has 0 fully saturated rings. The maximum absolute atomic E-state index is 9.29. The molecule has 3 nitrogen and oxygen atoms in total. The van der Waals surface area contributed by atoms with Crippen LogP contribution < -0.4 is 0 Å². The molecule has 0 aliphatic heterocycles. The molecule has 0 unspecified atom stereocenters. The molecule has 0 aromatic heterocycles. The van der Waals surface area contributed by atoms with E-state index in [4.69, 9.17) is 4.74 Å². The van der Waals surface area contributed by atoms with Crippen molar-refractivity contribution in [3.63, 3.8) is 0 Å². The van der Waals surface area contributed by atoms with Gasteiger partial charge < -0.3 is 4.74 Å². The Bertz CT molecular complexity index is 178. The Balaban J connectivity index is 0. The maximum atomic E-state index is 9.29. The van der Waals surface area contributed by atoms with E-state index in [0.29, 0.717) is 13.2 Å². The zero-order valence-electron chi connectivity index (χ0n) is 6.94. The molecule has 0 bridgehead atoms. The lowest BCUT2D eigenvalue weighted by molar-refractivity contribution is 0.194. The van der Waals surface area contributed by atoms with Gasteiger partial charge in [-0.1, -0.05) is 18.7 Å². The number of hydrogen-bond donors (Lipinski definition) is 1. The zero-order valence-corrected chi connectivity index (χ0v) is 7.83. The Morgan fingerprint density at radius 3 is 1.58 bits per heavy atom. The van der Waals surface area contributed by atoms with E-state index < -0.39 is 10.7 Å². The van der Waals surface area contributed by atoms with Gasteiger partial charge in [0.05, 0.1) is 13.2 Å². The topological polar surface area (TPSA) is 43.4 Å². The lowest BCUT2D eigenvalue weighted by Gasteiger charge is -1.89. The van der Waals surface area contributed by atoms with Gasteiger partial charge in [-0.15, -0.1) is 13.2 Å². The van der Waals surface area contributed by atoms with Crippen LogP contribution in [0.1, 0.15) is 0 Å². The van der Waals surface area contributed by atoms with Crippen LogP contribution in [-0.4, -0.2) is 21.6 Å². The summed E-state index contributed by atoms with van der Waals surface area (Å²) < 4.78 is 23.5. The van der Waals surface area contributed by atoms with Crippen LogP contribution in [0.15, 0.2) is 37.3 Å². The smallest absolute Gasteiger partial charge is 0.160 e. The summed E-state index contributed by atoms with van der Waals surface area (Å²) in [5, 5.41) is 0.870. The van der Waals surface area contributed by atoms with Crippen LogP contribution in [0.25, 0.3) is 0 Å². The minimum atomic E-state index is -2.33. The highest BCUT2D eigenvalue weighted by molar-refractivity contribution is 7.75. The van der Waals surface area contributed by atoms with Gasteiger partial charge in [-0.3, -0.25) is 0 Å². The van der Waals surface area contributed by atoms with E-state index in [0.717, 1.165) is 5.41 Å². The molecule has 0 aromatic rings. The molecule has 0 saturated carbocycles. The van der Waals surface area contributed by atoms with Gasteiger partial charge in [-0.25, -0.2) is 8.42 Å². The second-order valence-electron chi connectivity index (χ2n) is 1.58. The molecule has 0 rings (SSSR count). The third-order valence-corrected chi connectivity index (χ3v) is 0.919. The van der Waals surface area contributed by atoms with E-state index in [9.17, 15) is 8.42 Å². The van der Waals surface area contributed by atoms with Crippen molar-refractivity contribution in [3.8, 4) is 0 Å². The standard InChI is InChI=1S/C6H10O.C2H4O2S/c1-3-5-7-6-4-2;1-2-5(3)4/h3-4H,1-2,5-6H2;2,5H,1H2. The summed E-state index contributed by atoms with van der Waals surface area (Å²) in [6.07, 6.45) is 3.42. The quantitative estimate of drug-likeness (QED) is 0.401. The highest BCUT2D eigenvalue weighted by atomic mass is 32.2. The van der Waals surface area contributed by atoms with Gasteiger partial charge in [0.15, 0.2) is 10.7 Å².